The second-order valence-electron chi connectivity index (χ2n) is 5.25. The van der Waals surface area contributed by atoms with E-state index in [0.717, 1.165) is 17.5 Å². The molecule has 0 amide bonds. The van der Waals surface area contributed by atoms with Crippen molar-refractivity contribution in [3.63, 3.8) is 0 Å². The number of benzene rings is 2. The predicted octanol–water partition coefficient (Wildman–Crippen LogP) is -1.57. The number of pyridine rings is 1. The molecule has 0 radical (unpaired) electrons. The molecule has 0 spiro atoms. The molecule has 2 nitrogen and oxygen atoms in total. The van der Waals surface area contributed by atoms with E-state index in [1.807, 2.05) is 24.3 Å². The van der Waals surface area contributed by atoms with Crippen LogP contribution in [-0.2, 0) is 28.1 Å². The third-order valence-electron chi connectivity index (χ3n) is 3.87. The first-order valence-electron chi connectivity index (χ1n) is 7.29. The third-order valence-corrected chi connectivity index (χ3v) is 3.87. The number of H-pyrrole nitrogens is 1. The molecule has 5 heteroatoms. The standard InChI is InChI=1S/C13H9.C7H5N2.2ClH.Ti/c1-3-7-12-10(5-1)9-11-6-2-4-8-13(11)12;1-2-6-3-5-9-7(6)8-4-1;;;/h1-5,7-8H,9H2;1-4H,(H,8,9);2*1H;/q2*-1;;;+4/p-2. The summed E-state index contributed by atoms with van der Waals surface area (Å²) < 4.78 is 0. The van der Waals surface area contributed by atoms with Crippen LogP contribution in [0.4, 0.5) is 0 Å². The number of hydrogen-bond donors (Lipinski definition) is 1. The van der Waals surface area contributed by atoms with E-state index in [-0.39, 0.29) is 46.5 Å². The van der Waals surface area contributed by atoms with Gasteiger partial charge in [0.15, 0.2) is 0 Å². The van der Waals surface area contributed by atoms with Crippen LogP contribution >= 0.6 is 0 Å². The van der Waals surface area contributed by atoms with Crippen molar-refractivity contribution < 1.29 is 46.5 Å². The van der Waals surface area contributed by atoms with E-state index >= 15 is 0 Å². The fraction of sp³-hybridized carbons (Fsp3) is 0.0500. The van der Waals surface area contributed by atoms with Crippen LogP contribution < -0.4 is 24.8 Å². The van der Waals surface area contributed by atoms with Crippen LogP contribution in [0.15, 0.2) is 66.9 Å². The van der Waals surface area contributed by atoms with Crippen molar-refractivity contribution in [2.75, 3.05) is 0 Å². The van der Waals surface area contributed by atoms with Gasteiger partial charge in [-0.2, -0.15) is 35.9 Å². The van der Waals surface area contributed by atoms with E-state index < -0.39 is 0 Å². The van der Waals surface area contributed by atoms with Gasteiger partial charge in [-0.3, -0.25) is 0 Å². The Morgan fingerprint density at radius 2 is 1.72 bits per heavy atom. The van der Waals surface area contributed by atoms with E-state index in [9.17, 15) is 0 Å². The van der Waals surface area contributed by atoms with Crippen molar-refractivity contribution in [1.82, 2.24) is 9.97 Å². The van der Waals surface area contributed by atoms with Crippen molar-refractivity contribution in [2.45, 2.75) is 6.42 Å². The minimum Gasteiger partial charge on any atom is -1.00 e. The molecule has 122 valence electrons. The fourth-order valence-electron chi connectivity index (χ4n) is 2.82. The Kier molecular flexibility index (Phi) is 8.41. The molecule has 1 aliphatic carbocycles. The smallest absolute Gasteiger partial charge is 1.00 e. The molecule has 2 aromatic carbocycles. The quantitative estimate of drug-likeness (QED) is 0.247. The summed E-state index contributed by atoms with van der Waals surface area (Å²) in [5.74, 6) is 0. The van der Waals surface area contributed by atoms with Crippen LogP contribution in [0.2, 0.25) is 0 Å². The predicted molar refractivity (Wildman–Crippen MR) is 88.4 cm³/mol. The van der Waals surface area contributed by atoms with Gasteiger partial charge >= 0.3 is 21.7 Å². The summed E-state index contributed by atoms with van der Waals surface area (Å²) in [4.78, 5) is 6.94. The first kappa shape index (κ1) is 21.5. The van der Waals surface area contributed by atoms with Gasteiger partial charge in [0.1, 0.15) is 0 Å². The molecular formula is C20H14Cl2N2Ti. The number of aromatic amines is 1. The molecule has 0 unspecified atom stereocenters. The first-order valence-corrected chi connectivity index (χ1v) is 7.29. The first-order chi connectivity index (χ1) is 10.9. The van der Waals surface area contributed by atoms with Gasteiger partial charge in [-0.05, 0) is 12.1 Å². The molecule has 5 rings (SSSR count). The van der Waals surface area contributed by atoms with Gasteiger partial charge in [0.05, 0.1) is 0 Å². The van der Waals surface area contributed by atoms with Gasteiger partial charge in [-0.1, -0.05) is 41.5 Å². The molecule has 2 heterocycles. The van der Waals surface area contributed by atoms with Crippen LogP contribution in [-0.4, -0.2) is 9.97 Å². The number of halogens is 2. The number of nitrogens with one attached hydrogen (secondary N) is 1. The number of fused-ring (bicyclic) bond motifs is 4. The van der Waals surface area contributed by atoms with E-state index in [2.05, 4.69) is 58.6 Å². The van der Waals surface area contributed by atoms with E-state index in [1.54, 1.807) is 6.20 Å². The molecule has 0 aliphatic heterocycles. The molecule has 1 aliphatic rings. The molecule has 0 saturated carbocycles. The largest absolute Gasteiger partial charge is 4.00 e. The Bertz CT molecular complexity index is 864. The van der Waals surface area contributed by atoms with Crippen molar-refractivity contribution in [3.05, 3.63) is 90.3 Å². The summed E-state index contributed by atoms with van der Waals surface area (Å²) in [6.07, 6.45) is 5.65. The summed E-state index contributed by atoms with van der Waals surface area (Å²) in [5.41, 5.74) is 6.41. The van der Waals surface area contributed by atoms with Crippen molar-refractivity contribution in [2.24, 2.45) is 0 Å². The Balaban J connectivity index is 0.000000234. The maximum absolute atomic E-state index is 4.05. The molecule has 0 fully saturated rings. The number of nitrogens with zero attached hydrogens (tertiary/aromatic N) is 1. The third kappa shape index (κ3) is 4.53. The van der Waals surface area contributed by atoms with Gasteiger partial charge in [-0.25, -0.2) is 0 Å². The molecule has 4 aromatic rings. The van der Waals surface area contributed by atoms with Crippen molar-refractivity contribution >= 4 is 11.0 Å². The minimum atomic E-state index is 0. The second-order valence-corrected chi connectivity index (χ2v) is 5.25. The normalized spacial score (nSPS) is 10.1. The van der Waals surface area contributed by atoms with E-state index in [1.165, 1.54) is 22.3 Å². The number of aromatic nitrogens is 2. The summed E-state index contributed by atoms with van der Waals surface area (Å²) >= 11 is 0. The molecule has 2 aromatic heterocycles. The van der Waals surface area contributed by atoms with Crippen LogP contribution in [0.25, 0.3) is 22.2 Å². The fourth-order valence-corrected chi connectivity index (χ4v) is 2.82. The molecule has 25 heavy (non-hydrogen) atoms. The van der Waals surface area contributed by atoms with Crippen LogP contribution in [0.5, 0.6) is 0 Å². The molecular weight excluding hydrogens is 387 g/mol. The average molecular weight is 401 g/mol. The molecule has 0 saturated heterocycles. The van der Waals surface area contributed by atoms with E-state index in [4.69, 9.17) is 0 Å². The molecule has 0 atom stereocenters. The van der Waals surface area contributed by atoms with Crippen LogP contribution in [0, 0.1) is 12.3 Å². The van der Waals surface area contributed by atoms with Crippen LogP contribution in [0.3, 0.4) is 0 Å². The summed E-state index contributed by atoms with van der Waals surface area (Å²) in [6.45, 7) is 0. The second kappa shape index (κ2) is 9.79. The SMILES string of the molecule is [Cl-].[Cl-].[Ti+4].[c-]1cc2cccnc2[nH]1.[c-]1cccc2c1Cc1ccccc1-2. The Labute approximate surface area is 174 Å². The molecule has 0 bridgehead atoms. The summed E-state index contributed by atoms with van der Waals surface area (Å²) in [7, 11) is 0. The Morgan fingerprint density at radius 3 is 2.56 bits per heavy atom. The molecule has 1 N–H and O–H groups in total. The maximum atomic E-state index is 4.05. The van der Waals surface area contributed by atoms with Gasteiger partial charge < -0.3 is 34.8 Å². The van der Waals surface area contributed by atoms with Gasteiger partial charge in [0.25, 0.3) is 0 Å². The zero-order valence-electron chi connectivity index (χ0n) is 13.3. The van der Waals surface area contributed by atoms with Gasteiger partial charge in [0, 0.05) is 6.20 Å². The topological polar surface area (TPSA) is 28.7 Å². The Hall–Kier alpha value is -1.58. The zero-order valence-corrected chi connectivity index (χ0v) is 16.3. The van der Waals surface area contributed by atoms with Gasteiger partial charge in [-0.15, -0.1) is 23.2 Å². The summed E-state index contributed by atoms with van der Waals surface area (Å²) in [6, 6.07) is 23.9. The average Bonchev–Trinajstić information content (AvgIpc) is 3.19. The van der Waals surface area contributed by atoms with Crippen molar-refractivity contribution in [3.8, 4) is 11.1 Å². The maximum Gasteiger partial charge on any atom is 4.00 e. The summed E-state index contributed by atoms with van der Waals surface area (Å²) in [5, 5.41) is 1.11. The minimum absolute atomic E-state index is 0. The van der Waals surface area contributed by atoms with E-state index in [0.29, 0.717) is 0 Å². The zero-order chi connectivity index (χ0) is 14.8. The van der Waals surface area contributed by atoms with Crippen LogP contribution in [0.1, 0.15) is 11.1 Å². The van der Waals surface area contributed by atoms with Crippen molar-refractivity contribution in [1.29, 1.82) is 0 Å². The van der Waals surface area contributed by atoms with Gasteiger partial charge in [0.2, 0.25) is 0 Å². The monoisotopic (exact) mass is 400 g/mol. The number of hydrogen-bond acceptors (Lipinski definition) is 1. The Morgan fingerprint density at radius 1 is 0.920 bits per heavy atom. The number of rotatable bonds is 0.